The van der Waals surface area contributed by atoms with E-state index in [0.29, 0.717) is 44.5 Å². The minimum atomic E-state index is -0.613. The van der Waals surface area contributed by atoms with Crippen LogP contribution in [0.1, 0.15) is 113 Å². The Kier molecular flexibility index (Phi) is 7.08. The van der Waals surface area contributed by atoms with Crippen molar-refractivity contribution in [2.24, 2.45) is 0 Å². The highest BCUT2D eigenvalue weighted by molar-refractivity contribution is 5.65. The standard InChI is InChI=1S/C35H38O8/c1-13-20-8-21(29(37)12-28(20)36)14(2)23-10-25(33(41)18(6)31(23)39)16(4)27-11-26(34(42)19(7)35(27)43)15(3)24-9-22(13)30(38)17(5)32(24)40/h8-16,36-43H,1-7H3. The van der Waals surface area contributed by atoms with E-state index in [0.717, 1.165) is 0 Å². The average Bonchev–Trinajstić information content (AvgIpc) is 2.96. The van der Waals surface area contributed by atoms with Crippen molar-refractivity contribution in [1.82, 2.24) is 0 Å². The molecule has 8 bridgehead atoms. The summed E-state index contributed by atoms with van der Waals surface area (Å²) in [6, 6.07) is 7.79. The highest BCUT2D eigenvalue weighted by atomic mass is 16.3. The molecular weight excluding hydrogens is 548 g/mol. The molecule has 0 aromatic heterocycles. The average molecular weight is 587 g/mol. The minimum Gasteiger partial charge on any atom is -0.508 e. The summed E-state index contributed by atoms with van der Waals surface area (Å²) in [5.74, 6) is -3.74. The number of benzene rings is 4. The molecule has 0 spiro atoms. The summed E-state index contributed by atoms with van der Waals surface area (Å²) in [5.41, 5.74) is 3.98. The van der Waals surface area contributed by atoms with Gasteiger partial charge in [0.15, 0.2) is 0 Å². The van der Waals surface area contributed by atoms with Crippen LogP contribution in [-0.4, -0.2) is 40.9 Å². The van der Waals surface area contributed by atoms with Gasteiger partial charge in [0.1, 0.15) is 46.0 Å². The van der Waals surface area contributed by atoms with Gasteiger partial charge < -0.3 is 40.9 Å². The molecule has 4 aromatic rings. The fourth-order valence-corrected chi connectivity index (χ4v) is 6.50. The third-order valence-electron chi connectivity index (χ3n) is 9.61. The van der Waals surface area contributed by atoms with E-state index < -0.39 is 23.7 Å². The Labute approximate surface area is 250 Å². The molecule has 5 rings (SSSR count). The normalized spacial score (nSPS) is 19.8. The first-order valence-corrected chi connectivity index (χ1v) is 14.3. The molecule has 8 heteroatoms. The van der Waals surface area contributed by atoms with Gasteiger partial charge in [-0.2, -0.15) is 0 Å². The summed E-state index contributed by atoms with van der Waals surface area (Å²) in [4.78, 5) is 0. The van der Waals surface area contributed by atoms with Crippen LogP contribution in [0.25, 0.3) is 0 Å². The second-order valence-corrected chi connectivity index (χ2v) is 12.0. The molecule has 0 amide bonds. The maximum atomic E-state index is 11.2. The zero-order valence-electron chi connectivity index (χ0n) is 25.3. The molecule has 0 radical (unpaired) electrons. The van der Waals surface area contributed by atoms with Gasteiger partial charge in [0, 0.05) is 90.9 Å². The number of phenols is 8. The van der Waals surface area contributed by atoms with Gasteiger partial charge in [-0.05, 0) is 45.0 Å². The van der Waals surface area contributed by atoms with Crippen LogP contribution in [0.2, 0.25) is 0 Å². The Morgan fingerprint density at radius 1 is 0.326 bits per heavy atom. The van der Waals surface area contributed by atoms with E-state index in [9.17, 15) is 40.9 Å². The molecule has 0 saturated carbocycles. The van der Waals surface area contributed by atoms with E-state index >= 15 is 0 Å². The van der Waals surface area contributed by atoms with Gasteiger partial charge in [-0.3, -0.25) is 0 Å². The van der Waals surface area contributed by atoms with Crippen LogP contribution >= 0.6 is 0 Å². The van der Waals surface area contributed by atoms with Crippen molar-refractivity contribution in [2.45, 2.75) is 72.1 Å². The lowest BCUT2D eigenvalue weighted by Gasteiger charge is -2.27. The number of hydrogen-bond donors (Lipinski definition) is 8. The molecule has 4 aromatic carbocycles. The van der Waals surface area contributed by atoms with Crippen molar-refractivity contribution in [3.05, 3.63) is 91.5 Å². The SMILES string of the molecule is Cc1c(O)c2cc(c1O)C(C)c1cc(c(O)c(C)c1O)C(C)c1cc(c(O)c(C)c1O)C(C)c1cc(c(O)cc1O)C2C. The maximum absolute atomic E-state index is 11.2. The second-order valence-electron chi connectivity index (χ2n) is 12.0. The van der Waals surface area contributed by atoms with Crippen LogP contribution in [0.15, 0.2) is 30.3 Å². The molecule has 4 atom stereocenters. The largest absolute Gasteiger partial charge is 0.508 e. The first-order chi connectivity index (χ1) is 20.1. The van der Waals surface area contributed by atoms with Crippen LogP contribution in [0.4, 0.5) is 0 Å². The van der Waals surface area contributed by atoms with Crippen molar-refractivity contribution in [1.29, 1.82) is 0 Å². The zero-order valence-corrected chi connectivity index (χ0v) is 25.3. The lowest BCUT2D eigenvalue weighted by atomic mass is 9.79. The number of hydrogen-bond acceptors (Lipinski definition) is 8. The zero-order chi connectivity index (χ0) is 31.8. The molecule has 0 heterocycles. The van der Waals surface area contributed by atoms with Crippen molar-refractivity contribution in [3.63, 3.8) is 0 Å². The van der Waals surface area contributed by atoms with Crippen LogP contribution < -0.4 is 0 Å². The van der Waals surface area contributed by atoms with E-state index in [1.165, 1.54) is 6.07 Å². The molecule has 43 heavy (non-hydrogen) atoms. The fourth-order valence-electron chi connectivity index (χ4n) is 6.50. The van der Waals surface area contributed by atoms with Gasteiger partial charge in [0.2, 0.25) is 0 Å². The van der Waals surface area contributed by atoms with E-state index in [4.69, 9.17) is 0 Å². The number of fused-ring (bicyclic) bond motifs is 8. The second kappa shape index (κ2) is 10.2. The first-order valence-electron chi connectivity index (χ1n) is 14.3. The Balaban J connectivity index is 1.95. The number of phenolic OH excluding ortho intramolecular Hbond substituents is 8. The van der Waals surface area contributed by atoms with Gasteiger partial charge in [-0.25, -0.2) is 0 Å². The van der Waals surface area contributed by atoms with Crippen LogP contribution in [-0.2, 0) is 0 Å². The first kappa shape index (κ1) is 29.8. The van der Waals surface area contributed by atoms with Crippen LogP contribution in [0.5, 0.6) is 46.0 Å². The Bertz CT molecular complexity index is 1680. The van der Waals surface area contributed by atoms with E-state index in [1.54, 1.807) is 72.7 Å². The predicted molar refractivity (Wildman–Crippen MR) is 163 cm³/mol. The molecule has 1 aliphatic rings. The third kappa shape index (κ3) is 4.35. The summed E-state index contributed by atoms with van der Waals surface area (Å²) >= 11 is 0. The lowest BCUT2D eigenvalue weighted by Crippen LogP contribution is -2.09. The smallest absolute Gasteiger partial charge is 0.126 e. The molecule has 226 valence electrons. The number of rotatable bonds is 0. The van der Waals surface area contributed by atoms with Gasteiger partial charge in [0.05, 0.1) is 0 Å². The lowest BCUT2D eigenvalue weighted by molar-refractivity contribution is 0.423. The van der Waals surface area contributed by atoms with Crippen LogP contribution in [0.3, 0.4) is 0 Å². The molecular formula is C35H38O8. The molecule has 4 unspecified atom stereocenters. The van der Waals surface area contributed by atoms with Crippen LogP contribution in [0, 0.1) is 20.8 Å². The molecule has 8 nitrogen and oxygen atoms in total. The monoisotopic (exact) mass is 586 g/mol. The molecule has 1 aliphatic carbocycles. The summed E-state index contributed by atoms with van der Waals surface area (Å²) in [6.45, 7) is 11.9. The quantitative estimate of drug-likeness (QED) is 0.107. The van der Waals surface area contributed by atoms with Crippen molar-refractivity contribution >= 4 is 0 Å². The summed E-state index contributed by atoms with van der Waals surface area (Å²) in [5, 5.41) is 89.1. The van der Waals surface area contributed by atoms with Crippen molar-refractivity contribution in [2.75, 3.05) is 0 Å². The van der Waals surface area contributed by atoms with E-state index in [1.807, 2.05) is 0 Å². The van der Waals surface area contributed by atoms with Gasteiger partial charge in [-0.1, -0.05) is 27.7 Å². The van der Waals surface area contributed by atoms with Gasteiger partial charge in [-0.15, -0.1) is 0 Å². The maximum Gasteiger partial charge on any atom is 0.126 e. The Morgan fingerprint density at radius 3 is 0.744 bits per heavy atom. The molecule has 8 N–H and O–H groups in total. The highest BCUT2D eigenvalue weighted by Crippen LogP contribution is 2.51. The van der Waals surface area contributed by atoms with Crippen molar-refractivity contribution in [3.8, 4) is 46.0 Å². The summed E-state index contributed by atoms with van der Waals surface area (Å²) in [7, 11) is 0. The van der Waals surface area contributed by atoms with E-state index in [-0.39, 0.29) is 62.7 Å². The Morgan fingerprint density at radius 2 is 0.512 bits per heavy atom. The minimum absolute atomic E-state index is 0.150. The molecule has 0 saturated heterocycles. The highest BCUT2D eigenvalue weighted by Gasteiger charge is 2.31. The van der Waals surface area contributed by atoms with E-state index in [2.05, 4.69) is 0 Å². The topological polar surface area (TPSA) is 162 Å². The van der Waals surface area contributed by atoms with Crippen molar-refractivity contribution < 1.29 is 40.9 Å². The number of aromatic hydroxyl groups is 8. The van der Waals surface area contributed by atoms with Gasteiger partial charge >= 0.3 is 0 Å². The third-order valence-corrected chi connectivity index (χ3v) is 9.61. The summed E-state index contributed by atoms with van der Waals surface area (Å²) < 4.78 is 0. The summed E-state index contributed by atoms with van der Waals surface area (Å²) in [6.07, 6.45) is 0. The Hall–Kier alpha value is -4.72. The molecule has 0 aliphatic heterocycles. The fraction of sp³-hybridized carbons (Fsp3) is 0.314. The molecule has 0 fully saturated rings. The predicted octanol–water partition coefficient (Wildman–Crippen LogP) is 7.18. The van der Waals surface area contributed by atoms with Gasteiger partial charge in [0.25, 0.3) is 0 Å².